The molecule has 5 nitrogen and oxygen atoms in total. The number of ether oxygens (including phenoxy) is 1. The van der Waals surface area contributed by atoms with Gasteiger partial charge in [-0.25, -0.2) is 0 Å². The van der Waals surface area contributed by atoms with E-state index < -0.39 is 6.04 Å². The van der Waals surface area contributed by atoms with Gasteiger partial charge in [0.25, 0.3) is 0 Å². The second-order valence-corrected chi connectivity index (χ2v) is 5.55. The van der Waals surface area contributed by atoms with Crippen LogP contribution in [0.2, 0.25) is 0 Å². The molecule has 116 valence electrons. The van der Waals surface area contributed by atoms with Crippen molar-refractivity contribution in [3.8, 4) is 5.75 Å². The molecule has 21 heavy (non-hydrogen) atoms. The number of hydrogen-bond acceptors (Lipinski definition) is 4. The van der Waals surface area contributed by atoms with Gasteiger partial charge in [0.05, 0.1) is 12.1 Å². The Morgan fingerprint density at radius 3 is 2.81 bits per heavy atom. The van der Waals surface area contributed by atoms with Crippen molar-refractivity contribution in [1.29, 1.82) is 0 Å². The molecule has 1 heterocycles. The minimum Gasteiger partial charge on any atom is -0.508 e. The first kappa shape index (κ1) is 15.8. The highest BCUT2D eigenvalue weighted by atomic mass is 16.5. The predicted molar refractivity (Wildman–Crippen MR) is 81.0 cm³/mol. The van der Waals surface area contributed by atoms with Crippen LogP contribution in [0.4, 0.5) is 0 Å². The Morgan fingerprint density at radius 2 is 2.14 bits per heavy atom. The summed E-state index contributed by atoms with van der Waals surface area (Å²) in [6, 6.07) is 6.18. The maximum atomic E-state index is 11.9. The average Bonchev–Trinajstić information content (AvgIpc) is 2.50. The van der Waals surface area contributed by atoms with Crippen LogP contribution in [-0.4, -0.2) is 36.3 Å². The van der Waals surface area contributed by atoms with Crippen molar-refractivity contribution in [3.05, 3.63) is 29.8 Å². The zero-order chi connectivity index (χ0) is 15.1. The Morgan fingerprint density at radius 1 is 1.38 bits per heavy atom. The number of hydrogen-bond donors (Lipinski definition) is 3. The lowest BCUT2D eigenvalue weighted by molar-refractivity contribution is -0.122. The number of benzene rings is 1. The molecule has 1 aliphatic heterocycles. The van der Waals surface area contributed by atoms with E-state index >= 15 is 0 Å². The van der Waals surface area contributed by atoms with Crippen LogP contribution < -0.4 is 11.1 Å². The maximum Gasteiger partial charge on any atom is 0.237 e. The first-order valence-corrected chi connectivity index (χ1v) is 7.58. The van der Waals surface area contributed by atoms with E-state index in [-0.39, 0.29) is 17.8 Å². The lowest BCUT2D eigenvalue weighted by Gasteiger charge is -2.22. The fourth-order valence-corrected chi connectivity index (χ4v) is 2.50. The molecular formula is C16H24N2O3. The average molecular weight is 292 g/mol. The van der Waals surface area contributed by atoms with Gasteiger partial charge in [0.15, 0.2) is 0 Å². The first-order valence-electron chi connectivity index (χ1n) is 7.58. The molecule has 2 atom stereocenters. The molecule has 1 saturated heterocycles. The fraction of sp³-hybridized carbons (Fsp3) is 0.562. The van der Waals surface area contributed by atoms with Crippen molar-refractivity contribution in [2.24, 2.45) is 5.73 Å². The van der Waals surface area contributed by atoms with E-state index in [0.717, 1.165) is 31.4 Å². The van der Waals surface area contributed by atoms with Crippen molar-refractivity contribution in [3.63, 3.8) is 0 Å². The maximum absolute atomic E-state index is 11.9. The third-order valence-corrected chi connectivity index (χ3v) is 3.77. The van der Waals surface area contributed by atoms with Crippen LogP contribution >= 0.6 is 0 Å². The molecule has 0 spiro atoms. The summed E-state index contributed by atoms with van der Waals surface area (Å²) in [6.07, 6.45) is 5.01. The van der Waals surface area contributed by atoms with Crippen LogP contribution in [0.3, 0.4) is 0 Å². The van der Waals surface area contributed by atoms with Gasteiger partial charge < -0.3 is 20.9 Å². The van der Waals surface area contributed by atoms with Crippen LogP contribution in [0.25, 0.3) is 0 Å². The molecule has 0 bridgehead atoms. The normalized spacial score (nSPS) is 20.0. The molecular weight excluding hydrogens is 268 g/mol. The number of phenols is 1. The summed E-state index contributed by atoms with van der Waals surface area (Å²) in [5.41, 5.74) is 6.84. The smallest absolute Gasteiger partial charge is 0.237 e. The van der Waals surface area contributed by atoms with Crippen LogP contribution in [0.15, 0.2) is 24.3 Å². The summed E-state index contributed by atoms with van der Waals surface area (Å²) in [6.45, 7) is 1.44. The van der Waals surface area contributed by atoms with Gasteiger partial charge in [0, 0.05) is 13.2 Å². The molecule has 0 aromatic heterocycles. The van der Waals surface area contributed by atoms with E-state index in [9.17, 15) is 9.90 Å². The van der Waals surface area contributed by atoms with Gasteiger partial charge in [0.1, 0.15) is 5.75 Å². The van der Waals surface area contributed by atoms with E-state index in [4.69, 9.17) is 10.5 Å². The molecule has 4 N–H and O–H groups in total. The summed E-state index contributed by atoms with van der Waals surface area (Å²) in [7, 11) is 0. The second-order valence-electron chi connectivity index (χ2n) is 5.55. The first-order chi connectivity index (χ1) is 10.1. The van der Waals surface area contributed by atoms with Gasteiger partial charge in [0.2, 0.25) is 5.91 Å². The Hall–Kier alpha value is -1.59. The summed E-state index contributed by atoms with van der Waals surface area (Å²) in [5.74, 6) is 0.0724. The number of carbonyl (C=O) groups is 1. The van der Waals surface area contributed by atoms with Crippen LogP contribution in [0, 0.1) is 0 Å². The molecule has 5 heteroatoms. The Kier molecular flexibility index (Phi) is 6.02. The number of rotatable bonds is 6. The third-order valence-electron chi connectivity index (χ3n) is 3.77. The van der Waals surface area contributed by atoms with Crippen molar-refractivity contribution in [1.82, 2.24) is 5.32 Å². The molecule has 1 unspecified atom stereocenters. The molecule has 0 saturated carbocycles. The lowest BCUT2D eigenvalue weighted by Crippen LogP contribution is -2.43. The summed E-state index contributed by atoms with van der Waals surface area (Å²) in [4.78, 5) is 11.9. The van der Waals surface area contributed by atoms with Crippen molar-refractivity contribution < 1.29 is 14.6 Å². The highest BCUT2D eigenvalue weighted by Gasteiger charge is 2.16. The van der Waals surface area contributed by atoms with Gasteiger partial charge in [-0.15, -0.1) is 0 Å². The molecule has 1 aromatic rings. The Labute approximate surface area is 125 Å². The summed E-state index contributed by atoms with van der Waals surface area (Å²) < 4.78 is 5.62. The number of phenolic OH excluding ortho intramolecular Hbond substituents is 1. The number of aromatic hydroxyl groups is 1. The van der Waals surface area contributed by atoms with Gasteiger partial charge in [-0.2, -0.15) is 0 Å². The number of carbonyl (C=O) groups excluding carboxylic acids is 1. The SMILES string of the molecule is N[C@@H](Cc1ccc(O)cc1)C(=O)NCCC1CCCCO1. The highest BCUT2D eigenvalue weighted by Crippen LogP contribution is 2.15. The zero-order valence-electron chi connectivity index (χ0n) is 12.3. The number of nitrogens with one attached hydrogen (secondary N) is 1. The largest absolute Gasteiger partial charge is 0.508 e. The third kappa shape index (κ3) is 5.36. The lowest BCUT2D eigenvalue weighted by atomic mass is 10.0. The van der Waals surface area contributed by atoms with Gasteiger partial charge in [-0.3, -0.25) is 4.79 Å². The molecule has 0 radical (unpaired) electrons. The zero-order valence-corrected chi connectivity index (χ0v) is 12.3. The highest BCUT2D eigenvalue weighted by molar-refractivity contribution is 5.81. The number of amides is 1. The van der Waals surface area contributed by atoms with E-state index in [1.54, 1.807) is 24.3 Å². The number of nitrogens with two attached hydrogens (primary N) is 1. The van der Waals surface area contributed by atoms with Crippen molar-refractivity contribution in [2.75, 3.05) is 13.2 Å². The van der Waals surface area contributed by atoms with Gasteiger partial charge in [-0.05, 0) is 49.8 Å². The molecule has 1 fully saturated rings. The van der Waals surface area contributed by atoms with Crippen molar-refractivity contribution >= 4 is 5.91 Å². The standard InChI is InChI=1S/C16H24N2O3/c17-15(11-12-4-6-13(19)7-5-12)16(20)18-9-8-14-3-1-2-10-21-14/h4-7,14-15,19H,1-3,8-11,17H2,(H,18,20)/t14?,15-/m0/s1. The van der Waals surface area contributed by atoms with Gasteiger partial charge in [-0.1, -0.05) is 12.1 Å². The van der Waals surface area contributed by atoms with Crippen LogP contribution in [0.1, 0.15) is 31.2 Å². The van der Waals surface area contributed by atoms with Crippen molar-refractivity contribution in [2.45, 2.75) is 44.2 Å². The van der Waals surface area contributed by atoms with Crippen LogP contribution in [0.5, 0.6) is 5.75 Å². The molecule has 2 rings (SSSR count). The van der Waals surface area contributed by atoms with E-state index in [0.29, 0.717) is 13.0 Å². The predicted octanol–water partition coefficient (Wildman–Crippen LogP) is 1.34. The fourth-order valence-electron chi connectivity index (χ4n) is 2.50. The summed E-state index contributed by atoms with van der Waals surface area (Å²) >= 11 is 0. The Balaban J connectivity index is 1.68. The minimum atomic E-state index is -0.568. The van der Waals surface area contributed by atoms with E-state index in [1.807, 2.05) is 0 Å². The second kappa shape index (κ2) is 8.00. The topological polar surface area (TPSA) is 84.6 Å². The molecule has 1 amide bonds. The molecule has 0 aliphatic carbocycles. The quantitative estimate of drug-likeness (QED) is 0.738. The molecule has 1 aliphatic rings. The summed E-state index contributed by atoms with van der Waals surface area (Å²) in [5, 5.41) is 12.1. The van der Waals surface area contributed by atoms with Gasteiger partial charge >= 0.3 is 0 Å². The minimum absolute atomic E-state index is 0.140. The Bertz CT molecular complexity index is 441. The van der Waals surface area contributed by atoms with Crippen LogP contribution in [-0.2, 0) is 16.0 Å². The molecule has 1 aromatic carbocycles. The van der Waals surface area contributed by atoms with E-state index in [1.165, 1.54) is 6.42 Å². The van der Waals surface area contributed by atoms with E-state index in [2.05, 4.69) is 5.32 Å². The monoisotopic (exact) mass is 292 g/mol.